The van der Waals surface area contributed by atoms with Crippen molar-refractivity contribution in [2.75, 3.05) is 0 Å². The summed E-state index contributed by atoms with van der Waals surface area (Å²) in [7, 11) is 0. The van der Waals surface area contributed by atoms with Crippen LogP contribution in [0.25, 0.3) is 11.1 Å². The highest BCUT2D eigenvalue weighted by Crippen LogP contribution is 2.29. The molecule has 1 heteroatoms. The van der Waals surface area contributed by atoms with Crippen LogP contribution in [0, 0.1) is 12.0 Å². The number of allylic oxidation sites excluding steroid dienone is 2. The van der Waals surface area contributed by atoms with Crippen LogP contribution in [0.5, 0.6) is 0 Å². The predicted octanol–water partition coefficient (Wildman–Crippen LogP) is 5.71. The van der Waals surface area contributed by atoms with E-state index >= 15 is 0 Å². The summed E-state index contributed by atoms with van der Waals surface area (Å²) in [5, 5.41) is 0.791. The van der Waals surface area contributed by atoms with Crippen molar-refractivity contribution in [1.82, 2.24) is 0 Å². The quantitative estimate of drug-likeness (QED) is 0.676. The highest BCUT2D eigenvalue weighted by Gasteiger charge is 2.13. The first kappa shape index (κ1) is 13.5. The zero-order chi connectivity index (χ0) is 13.8. The number of hydrogen-bond donors (Lipinski definition) is 0. The second kappa shape index (κ2) is 6.28. The van der Waals surface area contributed by atoms with Crippen molar-refractivity contribution >= 4 is 11.6 Å². The molecule has 1 atom stereocenters. The van der Waals surface area contributed by atoms with Gasteiger partial charge >= 0.3 is 0 Å². The molecule has 1 radical (unpaired) electrons. The van der Waals surface area contributed by atoms with E-state index in [0.29, 0.717) is 0 Å². The van der Waals surface area contributed by atoms with Gasteiger partial charge in [-0.2, -0.15) is 0 Å². The summed E-state index contributed by atoms with van der Waals surface area (Å²) >= 11 is 5.98. The van der Waals surface area contributed by atoms with Crippen LogP contribution in [0.3, 0.4) is 0 Å². The van der Waals surface area contributed by atoms with Crippen LogP contribution >= 0.6 is 11.6 Å². The van der Waals surface area contributed by atoms with Crippen LogP contribution in [-0.2, 0) is 6.42 Å². The average Bonchev–Trinajstić information content (AvgIpc) is 2.50. The lowest BCUT2D eigenvalue weighted by Crippen LogP contribution is -2.07. The highest BCUT2D eigenvalue weighted by molar-refractivity contribution is 6.30. The second-order valence-corrected chi connectivity index (χ2v) is 5.85. The van der Waals surface area contributed by atoms with Crippen molar-refractivity contribution in [3.63, 3.8) is 0 Å². The van der Waals surface area contributed by atoms with Gasteiger partial charge in [0.2, 0.25) is 0 Å². The van der Waals surface area contributed by atoms with Crippen molar-refractivity contribution in [3.05, 3.63) is 71.3 Å². The van der Waals surface area contributed by atoms with Crippen LogP contribution in [0.1, 0.15) is 24.8 Å². The summed E-state index contributed by atoms with van der Waals surface area (Å²) in [6.07, 6.45) is 10.2. The van der Waals surface area contributed by atoms with E-state index in [-0.39, 0.29) is 0 Å². The molecular formula is C19H18Cl. The van der Waals surface area contributed by atoms with E-state index < -0.39 is 0 Å². The van der Waals surface area contributed by atoms with Crippen molar-refractivity contribution in [2.45, 2.75) is 25.7 Å². The Morgan fingerprint density at radius 2 is 1.85 bits per heavy atom. The van der Waals surface area contributed by atoms with Gasteiger partial charge in [0.05, 0.1) is 0 Å². The molecular weight excluding hydrogens is 264 g/mol. The van der Waals surface area contributed by atoms with Crippen LogP contribution in [-0.4, -0.2) is 0 Å². The fourth-order valence-corrected chi connectivity index (χ4v) is 2.99. The predicted molar refractivity (Wildman–Crippen MR) is 85.7 cm³/mol. The van der Waals surface area contributed by atoms with Gasteiger partial charge in [-0.1, -0.05) is 54.1 Å². The zero-order valence-corrected chi connectivity index (χ0v) is 12.2. The van der Waals surface area contributed by atoms with Crippen LogP contribution in [0.2, 0.25) is 5.02 Å². The third kappa shape index (κ3) is 3.13. The molecule has 1 unspecified atom stereocenters. The van der Waals surface area contributed by atoms with E-state index in [2.05, 4.69) is 48.6 Å². The maximum atomic E-state index is 5.98. The molecule has 0 amide bonds. The molecule has 0 heterocycles. The summed E-state index contributed by atoms with van der Waals surface area (Å²) in [6.45, 7) is 0. The third-order valence-electron chi connectivity index (χ3n) is 3.97. The zero-order valence-electron chi connectivity index (χ0n) is 11.5. The Kier molecular flexibility index (Phi) is 4.22. The summed E-state index contributed by atoms with van der Waals surface area (Å²) in [6, 6.07) is 16.9. The Morgan fingerprint density at radius 3 is 2.60 bits per heavy atom. The van der Waals surface area contributed by atoms with E-state index in [1.165, 1.54) is 23.1 Å². The first-order chi connectivity index (χ1) is 9.83. The molecule has 0 aromatic heterocycles. The minimum absolute atomic E-state index is 0.754. The first-order valence-electron chi connectivity index (χ1n) is 7.22. The second-order valence-electron chi connectivity index (χ2n) is 5.42. The third-order valence-corrected chi connectivity index (χ3v) is 4.23. The summed E-state index contributed by atoms with van der Waals surface area (Å²) in [4.78, 5) is 0. The summed E-state index contributed by atoms with van der Waals surface area (Å²) in [5.74, 6) is 0.754. The highest BCUT2D eigenvalue weighted by atomic mass is 35.5. The largest absolute Gasteiger partial charge is 0.0843 e. The van der Waals surface area contributed by atoms with Gasteiger partial charge in [-0.05, 0) is 66.5 Å². The molecule has 0 bridgehead atoms. The maximum absolute atomic E-state index is 5.98. The van der Waals surface area contributed by atoms with Crippen LogP contribution < -0.4 is 0 Å². The monoisotopic (exact) mass is 281 g/mol. The fourth-order valence-electron chi connectivity index (χ4n) is 2.86. The molecule has 1 aliphatic rings. The molecule has 0 nitrogen and oxygen atoms in total. The minimum atomic E-state index is 0.754. The molecule has 0 fully saturated rings. The molecule has 3 rings (SSSR count). The van der Waals surface area contributed by atoms with Crippen molar-refractivity contribution in [2.24, 2.45) is 5.92 Å². The number of halogens is 1. The molecule has 2 aromatic carbocycles. The van der Waals surface area contributed by atoms with E-state index in [0.717, 1.165) is 30.2 Å². The van der Waals surface area contributed by atoms with E-state index in [1.807, 2.05) is 12.1 Å². The number of benzene rings is 2. The number of rotatable bonds is 3. The summed E-state index contributed by atoms with van der Waals surface area (Å²) in [5.41, 5.74) is 4.03. The normalized spacial score (nSPS) is 18.1. The Hall–Kier alpha value is -1.53. The average molecular weight is 282 g/mol. The van der Waals surface area contributed by atoms with E-state index in [4.69, 9.17) is 11.6 Å². The maximum Gasteiger partial charge on any atom is 0.0406 e. The Labute approximate surface area is 126 Å². The molecule has 0 spiro atoms. The van der Waals surface area contributed by atoms with Gasteiger partial charge < -0.3 is 0 Å². The van der Waals surface area contributed by atoms with Gasteiger partial charge in [-0.15, -0.1) is 0 Å². The number of hydrogen-bond acceptors (Lipinski definition) is 0. The van der Waals surface area contributed by atoms with Crippen LogP contribution in [0.4, 0.5) is 0 Å². The summed E-state index contributed by atoms with van der Waals surface area (Å²) < 4.78 is 0. The molecule has 2 aromatic rings. The van der Waals surface area contributed by atoms with Gasteiger partial charge in [0.25, 0.3) is 0 Å². The topological polar surface area (TPSA) is 0 Å². The van der Waals surface area contributed by atoms with Crippen LogP contribution in [0.15, 0.2) is 54.6 Å². The molecule has 0 saturated carbocycles. The molecule has 1 aliphatic carbocycles. The lowest BCUT2D eigenvalue weighted by molar-refractivity contribution is 0.473. The van der Waals surface area contributed by atoms with Crippen molar-refractivity contribution in [1.29, 1.82) is 0 Å². The van der Waals surface area contributed by atoms with Gasteiger partial charge in [0.15, 0.2) is 0 Å². The SMILES string of the molecule is Clc1ccc(-c2ccccc2CC2CC=[C]CC2)cc1. The van der Waals surface area contributed by atoms with E-state index in [9.17, 15) is 0 Å². The first-order valence-corrected chi connectivity index (χ1v) is 7.59. The molecule has 101 valence electrons. The van der Waals surface area contributed by atoms with Gasteiger partial charge in [-0.25, -0.2) is 0 Å². The molecule has 0 N–H and O–H groups in total. The van der Waals surface area contributed by atoms with Gasteiger partial charge in [0, 0.05) is 5.02 Å². The van der Waals surface area contributed by atoms with Crippen molar-refractivity contribution in [3.8, 4) is 11.1 Å². The smallest absolute Gasteiger partial charge is 0.0406 e. The lowest BCUT2D eigenvalue weighted by Gasteiger charge is -2.19. The Balaban J connectivity index is 1.87. The van der Waals surface area contributed by atoms with Gasteiger partial charge in [-0.3, -0.25) is 0 Å². The van der Waals surface area contributed by atoms with Gasteiger partial charge in [0.1, 0.15) is 0 Å². The molecule has 0 aliphatic heterocycles. The fraction of sp³-hybridized carbons (Fsp3) is 0.263. The molecule has 20 heavy (non-hydrogen) atoms. The standard InChI is InChI=1S/C19H18Cl/c20-18-12-10-16(11-13-18)19-9-5-4-8-17(19)14-15-6-2-1-3-7-15/h2,4-5,8-13,15H,3,6-7,14H2. The lowest BCUT2D eigenvalue weighted by atomic mass is 9.86. The minimum Gasteiger partial charge on any atom is -0.0843 e. The Bertz CT molecular complexity index is 595. The van der Waals surface area contributed by atoms with E-state index in [1.54, 1.807) is 0 Å². The van der Waals surface area contributed by atoms with Crippen molar-refractivity contribution < 1.29 is 0 Å². The molecule has 0 saturated heterocycles. The Morgan fingerprint density at radius 1 is 1.05 bits per heavy atom.